The molecule has 9 nitrogen and oxygen atoms in total. The van der Waals surface area contributed by atoms with Crippen LogP contribution in [0.4, 0.5) is 0 Å². The Hall–Kier alpha value is -3.53. The molecule has 0 bridgehead atoms. The van der Waals surface area contributed by atoms with Gasteiger partial charge in [-0.05, 0) is 37.5 Å². The number of esters is 1. The minimum Gasteiger partial charge on any atom is -0.497 e. The van der Waals surface area contributed by atoms with Crippen LogP contribution < -0.4 is 10.3 Å². The van der Waals surface area contributed by atoms with Crippen LogP contribution in [0.15, 0.2) is 33.6 Å². The fourth-order valence-corrected chi connectivity index (χ4v) is 5.07. The minimum atomic E-state index is -0.545. The van der Waals surface area contributed by atoms with Crippen molar-refractivity contribution in [3.05, 3.63) is 56.8 Å². The van der Waals surface area contributed by atoms with Crippen LogP contribution in [0.1, 0.15) is 46.2 Å². The van der Waals surface area contributed by atoms with E-state index in [1.165, 1.54) is 11.3 Å². The molecule has 0 saturated carbocycles. The van der Waals surface area contributed by atoms with Crippen LogP contribution in [-0.4, -0.2) is 32.8 Å². The molecule has 0 atom stereocenters. The Morgan fingerprint density at radius 2 is 2.12 bits per heavy atom. The van der Waals surface area contributed by atoms with Gasteiger partial charge in [0.15, 0.2) is 6.61 Å². The van der Waals surface area contributed by atoms with Crippen LogP contribution in [0.5, 0.6) is 5.75 Å². The number of nitrogens with zero attached hydrogens (tertiary/aromatic N) is 4. The molecule has 1 aliphatic rings. The highest BCUT2D eigenvalue weighted by molar-refractivity contribution is 7.20. The summed E-state index contributed by atoms with van der Waals surface area (Å²) in [6.07, 6.45) is 3.83. The Balaban J connectivity index is 1.36. The standard InChI is InChI=1S/C23H22N4O5S/c1-13-18-21(24-16-9-4-3-5-10-27(16)22(18)28)33-19(13)23(29)31-12-17-25-20(26-32-17)14-7-6-8-15(11-14)30-2/h6-8,11H,3-5,9-10,12H2,1-2H3. The van der Waals surface area contributed by atoms with E-state index < -0.39 is 5.97 Å². The molecule has 10 heteroatoms. The van der Waals surface area contributed by atoms with Crippen LogP contribution >= 0.6 is 11.3 Å². The summed E-state index contributed by atoms with van der Waals surface area (Å²) in [6, 6.07) is 7.26. The lowest BCUT2D eigenvalue weighted by Gasteiger charge is -2.08. The van der Waals surface area contributed by atoms with Gasteiger partial charge in [0, 0.05) is 18.5 Å². The van der Waals surface area contributed by atoms with Crippen LogP contribution in [0, 0.1) is 6.92 Å². The molecule has 0 unspecified atom stereocenters. The Morgan fingerprint density at radius 1 is 1.24 bits per heavy atom. The molecular weight excluding hydrogens is 444 g/mol. The van der Waals surface area contributed by atoms with Crippen molar-refractivity contribution in [3.63, 3.8) is 0 Å². The third kappa shape index (κ3) is 4.02. The first-order chi connectivity index (χ1) is 16.0. The van der Waals surface area contributed by atoms with Crippen molar-refractivity contribution in [1.82, 2.24) is 19.7 Å². The number of benzene rings is 1. The van der Waals surface area contributed by atoms with E-state index in [2.05, 4.69) is 10.1 Å². The summed E-state index contributed by atoms with van der Waals surface area (Å²) in [4.78, 5) is 35.8. The topological polar surface area (TPSA) is 109 Å². The van der Waals surface area contributed by atoms with Crippen molar-refractivity contribution in [1.29, 1.82) is 0 Å². The van der Waals surface area contributed by atoms with Gasteiger partial charge >= 0.3 is 5.97 Å². The molecular formula is C23H22N4O5S. The van der Waals surface area contributed by atoms with Crippen molar-refractivity contribution >= 4 is 27.5 Å². The van der Waals surface area contributed by atoms with Crippen LogP contribution in [0.2, 0.25) is 0 Å². The molecule has 0 fully saturated rings. The number of thiophene rings is 1. The molecule has 0 aliphatic carbocycles. The Bertz CT molecular complexity index is 1400. The first-order valence-corrected chi connectivity index (χ1v) is 11.5. The predicted octanol–water partition coefficient (Wildman–Crippen LogP) is 3.91. The van der Waals surface area contributed by atoms with Gasteiger partial charge in [0.2, 0.25) is 5.82 Å². The molecule has 0 N–H and O–H groups in total. The number of hydrogen-bond acceptors (Lipinski definition) is 9. The van der Waals surface area contributed by atoms with Gasteiger partial charge in [0.1, 0.15) is 21.3 Å². The Kier molecular flexibility index (Phi) is 5.67. The first kappa shape index (κ1) is 21.3. The summed E-state index contributed by atoms with van der Waals surface area (Å²) in [5.74, 6) is 1.47. The molecule has 0 radical (unpaired) electrons. The average Bonchev–Trinajstić information content (AvgIpc) is 3.35. The molecule has 0 saturated heterocycles. The highest BCUT2D eigenvalue weighted by Gasteiger charge is 2.23. The lowest BCUT2D eigenvalue weighted by molar-refractivity contribution is 0.0435. The van der Waals surface area contributed by atoms with E-state index in [4.69, 9.17) is 19.0 Å². The van der Waals surface area contributed by atoms with Gasteiger partial charge in [-0.1, -0.05) is 23.7 Å². The summed E-state index contributed by atoms with van der Waals surface area (Å²) in [7, 11) is 1.58. The number of aromatic nitrogens is 4. The quantitative estimate of drug-likeness (QED) is 0.407. The van der Waals surface area contributed by atoms with Crippen molar-refractivity contribution in [2.75, 3.05) is 7.11 Å². The van der Waals surface area contributed by atoms with E-state index in [-0.39, 0.29) is 18.1 Å². The van der Waals surface area contributed by atoms with Gasteiger partial charge in [0.25, 0.3) is 11.4 Å². The molecule has 33 heavy (non-hydrogen) atoms. The van der Waals surface area contributed by atoms with Gasteiger partial charge in [-0.25, -0.2) is 9.78 Å². The van der Waals surface area contributed by atoms with E-state index in [1.807, 2.05) is 18.2 Å². The summed E-state index contributed by atoms with van der Waals surface area (Å²) in [5, 5.41) is 4.44. The second-order valence-electron chi connectivity index (χ2n) is 7.85. The van der Waals surface area contributed by atoms with E-state index >= 15 is 0 Å². The van der Waals surface area contributed by atoms with Gasteiger partial charge in [-0.3, -0.25) is 9.36 Å². The van der Waals surface area contributed by atoms with E-state index in [0.717, 1.165) is 37.1 Å². The third-order valence-corrected chi connectivity index (χ3v) is 6.89. The summed E-state index contributed by atoms with van der Waals surface area (Å²) >= 11 is 1.19. The van der Waals surface area contributed by atoms with Gasteiger partial charge < -0.3 is 14.0 Å². The van der Waals surface area contributed by atoms with E-state index in [1.54, 1.807) is 24.7 Å². The van der Waals surface area contributed by atoms with E-state index in [9.17, 15) is 9.59 Å². The molecule has 0 amide bonds. The monoisotopic (exact) mass is 466 g/mol. The number of rotatable bonds is 5. The predicted molar refractivity (Wildman–Crippen MR) is 122 cm³/mol. The van der Waals surface area contributed by atoms with Crippen molar-refractivity contribution in [3.8, 4) is 17.1 Å². The number of methoxy groups -OCH3 is 1. The molecule has 1 aromatic carbocycles. The molecule has 0 spiro atoms. The highest BCUT2D eigenvalue weighted by Crippen LogP contribution is 2.29. The third-order valence-electron chi connectivity index (χ3n) is 5.72. The first-order valence-electron chi connectivity index (χ1n) is 10.7. The van der Waals surface area contributed by atoms with Crippen molar-refractivity contribution in [2.24, 2.45) is 0 Å². The molecule has 1 aliphatic heterocycles. The largest absolute Gasteiger partial charge is 0.497 e. The second-order valence-corrected chi connectivity index (χ2v) is 8.85. The number of hydrogen-bond donors (Lipinski definition) is 0. The SMILES string of the molecule is COc1cccc(-c2noc(COC(=O)c3sc4nc5n(c(=O)c4c3C)CCCCC5)n2)c1. The summed E-state index contributed by atoms with van der Waals surface area (Å²) in [5.41, 5.74) is 1.24. The number of carbonyl (C=O) groups excluding carboxylic acids is 1. The number of ether oxygens (including phenoxy) is 2. The maximum absolute atomic E-state index is 13.1. The normalized spacial score (nSPS) is 13.5. The van der Waals surface area contributed by atoms with Gasteiger partial charge in [-0.15, -0.1) is 11.3 Å². The zero-order chi connectivity index (χ0) is 22.9. The lowest BCUT2D eigenvalue weighted by Crippen LogP contribution is -2.24. The smallest absolute Gasteiger partial charge is 0.349 e. The number of aryl methyl sites for hydroxylation is 2. The molecule has 4 aromatic rings. The zero-order valence-electron chi connectivity index (χ0n) is 18.3. The van der Waals surface area contributed by atoms with Crippen LogP contribution in [0.3, 0.4) is 0 Å². The molecule has 4 heterocycles. The molecule has 170 valence electrons. The second kappa shape index (κ2) is 8.78. The summed E-state index contributed by atoms with van der Waals surface area (Å²) in [6.45, 7) is 2.25. The van der Waals surface area contributed by atoms with Crippen LogP contribution in [-0.2, 0) is 24.3 Å². The summed E-state index contributed by atoms with van der Waals surface area (Å²) < 4.78 is 17.6. The van der Waals surface area contributed by atoms with Crippen LogP contribution in [0.25, 0.3) is 21.6 Å². The maximum Gasteiger partial charge on any atom is 0.349 e. The maximum atomic E-state index is 13.1. The highest BCUT2D eigenvalue weighted by atomic mass is 32.1. The van der Waals surface area contributed by atoms with Gasteiger partial charge in [0.05, 0.1) is 12.5 Å². The van der Waals surface area contributed by atoms with E-state index in [0.29, 0.717) is 38.8 Å². The zero-order valence-corrected chi connectivity index (χ0v) is 19.1. The minimum absolute atomic E-state index is 0.0791. The number of fused-ring (bicyclic) bond motifs is 2. The fraction of sp³-hybridized carbons (Fsp3) is 0.348. The van der Waals surface area contributed by atoms with Crippen molar-refractivity contribution in [2.45, 2.75) is 45.8 Å². The Morgan fingerprint density at radius 3 is 2.97 bits per heavy atom. The Labute approximate surface area is 193 Å². The fourth-order valence-electron chi connectivity index (χ4n) is 3.99. The molecule has 5 rings (SSSR count). The molecule has 3 aromatic heterocycles. The van der Waals surface area contributed by atoms with Crippen molar-refractivity contribution < 1.29 is 18.8 Å². The lowest BCUT2D eigenvalue weighted by atomic mass is 10.2. The van der Waals surface area contributed by atoms with Gasteiger partial charge in [-0.2, -0.15) is 4.98 Å². The number of carbonyl (C=O) groups is 1. The average molecular weight is 467 g/mol.